The van der Waals surface area contributed by atoms with Gasteiger partial charge in [-0.25, -0.2) is 9.37 Å². The maximum Gasteiger partial charge on any atom is 0.277 e. The molecule has 1 fully saturated rings. The van der Waals surface area contributed by atoms with Gasteiger partial charge in [-0.2, -0.15) is 9.61 Å². The SMILES string of the molecule is Cc1nc2c(-c3ccc(Cl)cc3F)cc([C@@H]3CCO[C@H](c4ccc(=O)n(C(C)C)c4)C3)nn2c(=O)c1C. The molecule has 1 aliphatic heterocycles. The van der Waals surface area contributed by atoms with Gasteiger partial charge in [0.15, 0.2) is 5.65 Å². The number of aromatic nitrogens is 4. The molecule has 192 valence electrons. The van der Waals surface area contributed by atoms with E-state index in [2.05, 4.69) is 4.98 Å². The molecular weight excluding hydrogens is 495 g/mol. The Bertz CT molecular complexity index is 1630. The van der Waals surface area contributed by atoms with Gasteiger partial charge in [-0.1, -0.05) is 11.6 Å². The molecule has 3 aromatic heterocycles. The van der Waals surface area contributed by atoms with Crippen LogP contribution in [0.1, 0.15) is 67.3 Å². The number of benzene rings is 1. The van der Waals surface area contributed by atoms with Crippen molar-refractivity contribution in [3.63, 3.8) is 0 Å². The lowest BCUT2D eigenvalue weighted by Crippen LogP contribution is -2.26. The number of pyridine rings is 1. The van der Waals surface area contributed by atoms with Crippen LogP contribution < -0.4 is 11.1 Å². The molecule has 5 rings (SSSR count). The lowest BCUT2D eigenvalue weighted by Gasteiger charge is -2.30. The first-order chi connectivity index (χ1) is 17.6. The number of ether oxygens (including phenoxy) is 1. The van der Waals surface area contributed by atoms with Crippen molar-refractivity contribution in [3.8, 4) is 11.1 Å². The van der Waals surface area contributed by atoms with E-state index >= 15 is 4.39 Å². The number of halogens is 2. The van der Waals surface area contributed by atoms with Crippen molar-refractivity contribution >= 4 is 17.2 Å². The highest BCUT2D eigenvalue weighted by molar-refractivity contribution is 6.30. The van der Waals surface area contributed by atoms with E-state index in [-0.39, 0.29) is 34.2 Å². The molecule has 1 saturated heterocycles. The fraction of sp³-hybridized carbons (Fsp3) is 0.357. The molecule has 0 unspecified atom stereocenters. The van der Waals surface area contributed by atoms with Crippen molar-refractivity contribution in [1.29, 1.82) is 0 Å². The third-order valence-electron chi connectivity index (χ3n) is 7.09. The third kappa shape index (κ3) is 4.71. The molecule has 0 aliphatic carbocycles. The average Bonchev–Trinajstić information content (AvgIpc) is 2.87. The monoisotopic (exact) mass is 522 g/mol. The fourth-order valence-electron chi connectivity index (χ4n) is 4.84. The van der Waals surface area contributed by atoms with E-state index in [0.29, 0.717) is 53.2 Å². The molecule has 0 spiro atoms. The first-order valence-electron chi connectivity index (χ1n) is 12.3. The summed E-state index contributed by atoms with van der Waals surface area (Å²) in [5.74, 6) is -0.551. The molecule has 9 heteroatoms. The lowest BCUT2D eigenvalue weighted by molar-refractivity contribution is 0.00404. The van der Waals surface area contributed by atoms with Crippen LogP contribution in [-0.4, -0.2) is 25.8 Å². The van der Waals surface area contributed by atoms with Gasteiger partial charge in [-0.3, -0.25) is 9.59 Å². The van der Waals surface area contributed by atoms with Crippen molar-refractivity contribution in [2.24, 2.45) is 0 Å². The van der Waals surface area contributed by atoms with Gasteiger partial charge in [0.2, 0.25) is 0 Å². The summed E-state index contributed by atoms with van der Waals surface area (Å²) in [7, 11) is 0. The highest BCUT2D eigenvalue weighted by Gasteiger charge is 2.28. The van der Waals surface area contributed by atoms with Gasteiger partial charge in [0.05, 0.1) is 11.8 Å². The predicted octanol–water partition coefficient (Wildman–Crippen LogP) is 5.54. The summed E-state index contributed by atoms with van der Waals surface area (Å²) in [6.07, 6.45) is 2.90. The van der Waals surface area contributed by atoms with Crippen molar-refractivity contribution in [1.82, 2.24) is 19.2 Å². The summed E-state index contributed by atoms with van der Waals surface area (Å²) in [4.78, 5) is 30.1. The Morgan fingerprint density at radius 1 is 1.11 bits per heavy atom. The van der Waals surface area contributed by atoms with Gasteiger partial charge < -0.3 is 9.30 Å². The highest BCUT2D eigenvalue weighted by atomic mass is 35.5. The highest BCUT2D eigenvalue weighted by Crippen LogP contribution is 2.38. The normalized spacial score (nSPS) is 18.0. The van der Waals surface area contributed by atoms with Crippen molar-refractivity contribution in [2.45, 2.75) is 58.6 Å². The maximum absolute atomic E-state index is 15.1. The zero-order chi connectivity index (χ0) is 26.4. The van der Waals surface area contributed by atoms with E-state index in [1.54, 1.807) is 42.7 Å². The van der Waals surface area contributed by atoms with Crippen LogP contribution in [0.4, 0.5) is 4.39 Å². The summed E-state index contributed by atoms with van der Waals surface area (Å²) in [6.45, 7) is 7.87. The molecule has 37 heavy (non-hydrogen) atoms. The standard InChI is InChI=1S/C28H28ClFN4O3/c1-15(2)33-14-19(5-8-26(33)35)25-11-18(9-10-37-25)24-13-22(21-7-6-20(29)12-23(21)30)27-31-17(4)16(3)28(36)34(27)32-24/h5-8,12-15,18,25H,9-11H2,1-4H3/t18-,25+/m1/s1. The lowest BCUT2D eigenvalue weighted by atomic mass is 9.88. The first-order valence-corrected chi connectivity index (χ1v) is 12.7. The Labute approximate surface area is 218 Å². The van der Waals surface area contributed by atoms with Gasteiger partial charge >= 0.3 is 0 Å². The maximum atomic E-state index is 15.1. The summed E-state index contributed by atoms with van der Waals surface area (Å²) in [6, 6.07) is 9.68. The van der Waals surface area contributed by atoms with E-state index in [0.717, 1.165) is 5.56 Å². The third-order valence-corrected chi connectivity index (χ3v) is 7.33. The van der Waals surface area contributed by atoms with Gasteiger partial charge in [0.25, 0.3) is 11.1 Å². The van der Waals surface area contributed by atoms with Crippen LogP contribution >= 0.6 is 11.6 Å². The minimum atomic E-state index is -0.500. The molecule has 0 radical (unpaired) electrons. The Morgan fingerprint density at radius 3 is 2.62 bits per heavy atom. The van der Waals surface area contributed by atoms with E-state index in [9.17, 15) is 9.59 Å². The number of hydrogen-bond acceptors (Lipinski definition) is 5. The van der Waals surface area contributed by atoms with Gasteiger partial charge in [0, 0.05) is 58.2 Å². The minimum absolute atomic E-state index is 0.0249. The number of nitrogens with zero attached hydrogens (tertiary/aromatic N) is 4. The Kier molecular flexibility index (Phi) is 6.72. The first kappa shape index (κ1) is 25.3. The van der Waals surface area contributed by atoms with Crippen LogP contribution in [0.5, 0.6) is 0 Å². The predicted molar refractivity (Wildman–Crippen MR) is 141 cm³/mol. The summed E-state index contributed by atoms with van der Waals surface area (Å²) < 4.78 is 24.1. The molecule has 4 heterocycles. The molecule has 0 N–H and O–H groups in total. The summed E-state index contributed by atoms with van der Waals surface area (Å²) in [5.41, 5.74) is 3.37. The van der Waals surface area contributed by atoms with Crippen molar-refractivity contribution in [3.05, 3.63) is 96.7 Å². The minimum Gasteiger partial charge on any atom is -0.373 e. The molecular formula is C28H28ClFN4O3. The quantitative estimate of drug-likeness (QED) is 0.351. The second-order valence-electron chi connectivity index (χ2n) is 9.85. The van der Waals surface area contributed by atoms with Crippen LogP contribution in [0.25, 0.3) is 16.8 Å². The molecule has 1 aromatic carbocycles. The van der Waals surface area contributed by atoms with E-state index in [1.165, 1.54) is 10.6 Å². The van der Waals surface area contributed by atoms with Crippen LogP contribution in [0.15, 0.2) is 52.2 Å². The molecule has 4 aromatic rings. The van der Waals surface area contributed by atoms with Crippen LogP contribution in [0.2, 0.25) is 5.02 Å². The summed E-state index contributed by atoms with van der Waals surface area (Å²) >= 11 is 6.00. The summed E-state index contributed by atoms with van der Waals surface area (Å²) in [5, 5.41) is 4.99. The Morgan fingerprint density at radius 2 is 1.89 bits per heavy atom. The van der Waals surface area contributed by atoms with E-state index in [1.807, 2.05) is 26.1 Å². The molecule has 2 atom stereocenters. The second-order valence-corrected chi connectivity index (χ2v) is 10.3. The van der Waals surface area contributed by atoms with E-state index < -0.39 is 5.82 Å². The number of rotatable bonds is 4. The fourth-order valence-corrected chi connectivity index (χ4v) is 5.00. The van der Waals surface area contributed by atoms with Gasteiger partial charge in [0.1, 0.15) is 5.82 Å². The van der Waals surface area contributed by atoms with Crippen LogP contribution in [-0.2, 0) is 4.74 Å². The largest absolute Gasteiger partial charge is 0.373 e. The molecule has 0 saturated carbocycles. The number of hydrogen-bond donors (Lipinski definition) is 0. The number of fused-ring (bicyclic) bond motifs is 1. The van der Waals surface area contributed by atoms with Crippen LogP contribution in [0.3, 0.4) is 0 Å². The molecule has 7 nitrogen and oxygen atoms in total. The van der Waals surface area contributed by atoms with Gasteiger partial charge in [-0.05, 0) is 76.4 Å². The van der Waals surface area contributed by atoms with Gasteiger partial charge in [-0.15, -0.1) is 0 Å². The van der Waals surface area contributed by atoms with Crippen molar-refractivity contribution in [2.75, 3.05) is 6.61 Å². The molecule has 0 amide bonds. The zero-order valence-corrected chi connectivity index (χ0v) is 21.9. The van der Waals surface area contributed by atoms with E-state index in [4.69, 9.17) is 21.4 Å². The molecule has 0 bridgehead atoms. The Hall–Kier alpha value is -3.36. The average molecular weight is 523 g/mol. The van der Waals surface area contributed by atoms with Crippen molar-refractivity contribution < 1.29 is 9.13 Å². The Balaban J connectivity index is 1.63. The topological polar surface area (TPSA) is 78.5 Å². The number of aryl methyl sites for hydroxylation is 1. The van der Waals surface area contributed by atoms with Crippen LogP contribution in [0, 0.1) is 19.7 Å². The second kappa shape index (κ2) is 9.84. The smallest absolute Gasteiger partial charge is 0.277 e. The zero-order valence-electron chi connectivity index (χ0n) is 21.2. The molecule has 1 aliphatic rings.